The summed E-state index contributed by atoms with van der Waals surface area (Å²) in [7, 11) is 1.29. The lowest BCUT2D eigenvalue weighted by atomic mass is 10.2. The van der Waals surface area contributed by atoms with Gasteiger partial charge in [0, 0.05) is 6.20 Å². The molecule has 0 spiro atoms. The van der Waals surface area contributed by atoms with E-state index in [1.807, 2.05) is 0 Å². The van der Waals surface area contributed by atoms with Gasteiger partial charge in [-0.1, -0.05) is 0 Å². The monoisotopic (exact) mass is 441 g/mol. The topological polar surface area (TPSA) is 122 Å². The lowest BCUT2D eigenvalue weighted by Gasteiger charge is -2.10. The number of aromatic nitrogens is 6. The van der Waals surface area contributed by atoms with Crippen molar-refractivity contribution in [2.45, 2.75) is 0 Å². The van der Waals surface area contributed by atoms with Crippen LogP contribution in [0.15, 0.2) is 67.1 Å². The zero-order valence-corrected chi connectivity index (χ0v) is 17.3. The number of hydrogen-bond acceptors (Lipinski definition) is 8. The fourth-order valence-corrected chi connectivity index (χ4v) is 3.40. The van der Waals surface area contributed by atoms with E-state index in [1.165, 1.54) is 19.4 Å². The summed E-state index contributed by atoms with van der Waals surface area (Å²) in [5.41, 5.74) is 9.64. The van der Waals surface area contributed by atoms with Crippen LogP contribution in [0.2, 0.25) is 0 Å². The summed E-state index contributed by atoms with van der Waals surface area (Å²) in [5, 5.41) is 0. The molecule has 0 bridgehead atoms. The van der Waals surface area contributed by atoms with Crippen molar-refractivity contribution >= 4 is 23.0 Å². The number of halogens is 1. The van der Waals surface area contributed by atoms with Gasteiger partial charge in [0.1, 0.15) is 22.8 Å². The number of imidazole rings is 1. The molecule has 5 aromatic heterocycles. The Kier molecular flexibility index (Phi) is 4.94. The van der Waals surface area contributed by atoms with E-state index in [0.29, 0.717) is 45.4 Å². The van der Waals surface area contributed by atoms with Crippen LogP contribution in [0.4, 0.5) is 10.2 Å². The summed E-state index contributed by atoms with van der Waals surface area (Å²) >= 11 is 0. The molecule has 5 aromatic rings. The smallest absolute Gasteiger partial charge is 0.356 e. The number of nitrogen functional groups attached to an aromatic ring is 1. The fourth-order valence-electron chi connectivity index (χ4n) is 3.40. The van der Waals surface area contributed by atoms with Crippen LogP contribution >= 0.6 is 0 Å². The van der Waals surface area contributed by atoms with E-state index in [4.69, 9.17) is 20.4 Å². The number of methoxy groups -OCH3 is 1. The molecule has 0 unspecified atom stereocenters. The van der Waals surface area contributed by atoms with Crippen LogP contribution in [0.25, 0.3) is 39.6 Å². The normalized spacial score (nSPS) is 11.0. The van der Waals surface area contributed by atoms with Gasteiger partial charge in [-0.2, -0.15) is 0 Å². The van der Waals surface area contributed by atoms with Gasteiger partial charge >= 0.3 is 5.97 Å². The first-order chi connectivity index (χ1) is 16.0. The summed E-state index contributed by atoms with van der Waals surface area (Å²) in [4.78, 5) is 33.8. The molecule has 10 heteroatoms. The number of esters is 1. The van der Waals surface area contributed by atoms with Crippen molar-refractivity contribution in [1.29, 1.82) is 0 Å². The summed E-state index contributed by atoms with van der Waals surface area (Å²) in [6, 6.07) is 13.3. The number of ether oxygens (including phenoxy) is 1. The third kappa shape index (κ3) is 3.63. The molecule has 0 amide bonds. The molecule has 0 radical (unpaired) electrons. The quantitative estimate of drug-likeness (QED) is 0.421. The molecule has 0 fully saturated rings. The Bertz CT molecular complexity index is 1480. The molecular weight excluding hydrogens is 425 g/mol. The van der Waals surface area contributed by atoms with Crippen molar-refractivity contribution in [1.82, 2.24) is 29.5 Å². The van der Waals surface area contributed by atoms with Gasteiger partial charge in [-0.05, 0) is 48.5 Å². The first kappa shape index (κ1) is 20.2. The molecule has 0 aliphatic heterocycles. The van der Waals surface area contributed by atoms with Crippen LogP contribution in [0.3, 0.4) is 0 Å². The molecule has 9 nitrogen and oxygen atoms in total. The van der Waals surface area contributed by atoms with Crippen molar-refractivity contribution in [2.24, 2.45) is 0 Å². The number of pyridine rings is 4. The predicted molar refractivity (Wildman–Crippen MR) is 119 cm³/mol. The second-order valence-corrected chi connectivity index (χ2v) is 7.00. The number of hydrogen-bond donors (Lipinski definition) is 1. The van der Waals surface area contributed by atoms with E-state index < -0.39 is 11.8 Å². The highest BCUT2D eigenvalue weighted by Gasteiger charge is 2.19. The molecule has 2 N–H and O–H groups in total. The van der Waals surface area contributed by atoms with Crippen molar-refractivity contribution in [3.63, 3.8) is 0 Å². The van der Waals surface area contributed by atoms with Gasteiger partial charge in [-0.25, -0.2) is 29.1 Å². The Morgan fingerprint density at radius 2 is 1.82 bits per heavy atom. The molecule has 5 heterocycles. The van der Waals surface area contributed by atoms with E-state index in [9.17, 15) is 9.18 Å². The summed E-state index contributed by atoms with van der Waals surface area (Å²) < 4.78 is 19.8. The van der Waals surface area contributed by atoms with Crippen LogP contribution in [0.5, 0.6) is 0 Å². The van der Waals surface area contributed by atoms with Crippen LogP contribution in [0, 0.1) is 5.82 Å². The van der Waals surface area contributed by atoms with E-state index in [1.54, 1.807) is 53.2 Å². The summed E-state index contributed by atoms with van der Waals surface area (Å²) in [5.74, 6) is -0.180. The highest BCUT2D eigenvalue weighted by atomic mass is 19.1. The highest BCUT2D eigenvalue weighted by molar-refractivity contribution is 5.88. The first-order valence-electron chi connectivity index (χ1n) is 9.82. The average Bonchev–Trinajstić information content (AvgIpc) is 3.23. The number of nitrogens with two attached hydrogens (primary N) is 1. The molecule has 0 saturated heterocycles. The third-order valence-electron chi connectivity index (χ3n) is 4.97. The maximum atomic E-state index is 13.3. The average molecular weight is 441 g/mol. The minimum atomic E-state index is -0.545. The van der Waals surface area contributed by atoms with Crippen molar-refractivity contribution in [2.75, 3.05) is 12.8 Å². The van der Waals surface area contributed by atoms with Crippen LogP contribution in [0.1, 0.15) is 10.5 Å². The second kappa shape index (κ2) is 8.08. The van der Waals surface area contributed by atoms with E-state index in [2.05, 4.69) is 15.0 Å². The van der Waals surface area contributed by atoms with E-state index in [0.717, 1.165) is 6.20 Å². The SMILES string of the molecule is COC(=O)c1ccc(-n2c(-c3cccnc3N)nc3ccc(-c4ccc(F)cn4)nc32)cn1. The Morgan fingerprint density at radius 1 is 0.970 bits per heavy atom. The zero-order chi connectivity index (χ0) is 22.9. The molecule has 5 rings (SSSR count). The van der Waals surface area contributed by atoms with Gasteiger partial charge in [0.15, 0.2) is 11.5 Å². The lowest BCUT2D eigenvalue weighted by molar-refractivity contribution is 0.0594. The Morgan fingerprint density at radius 3 is 2.52 bits per heavy atom. The van der Waals surface area contributed by atoms with Crippen molar-refractivity contribution < 1.29 is 13.9 Å². The highest BCUT2D eigenvalue weighted by Crippen LogP contribution is 2.31. The zero-order valence-electron chi connectivity index (χ0n) is 17.3. The van der Waals surface area contributed by atoms with Gasteiger partial charge in [-0.3, -0.25) is 9.55 Å². The van der Waals surface area contributed by atoms with Crippen LogP contribution < -0.4 is 5.73 Å². The number of carbonyl (C=O) groups is 1. The summed E-state index contributed by atoms with van der Waals surface area (Å²) in [6.07, 6.45) is 4.25. The number of anilines is 1. The molecule has 162 valence electrons. The minimum Gasteiger partial charge on any atom is -0.464 e. The largest absolute Gasteiger partial charge is 0.464 e. The molecule has 0 aliphatic carbocycles. The minimum absolute atomic E-state index is 0.164. The summed E-state index contributed by atoms with van der Waals surface area (Å²) in [6.45, 7) is 0. The first-order valence-corrected chi connectivity index (χ1v) is 9.82. The maximum Gasteiger partial charge on any atom is 0.356 e. The van der Waals surface area contributed by atoms with Gasteiger partial charge < -0.3 is 10.5 Å². The molecule has 0 aliphatic rings. The standard InChI is InChI=1S/C23H16FN7O2/c1-33-23(32)19-7-5-14(12-28-19)31-21(15-3-2-10-26-20(15)25)30-18-9-8-17(29-22(18)31)16-6-4-13(24)11-27-16/h2-12H,1H3,(H2,25,26). The predicted octanol–water partition coefficient (Wildman–Crippen LogP) is 3.45. The second-order valence-electron chi connectivity index (χ2n) is 7.00. The van der Waals surface area contributed by atoms with Crippen LogP contribution in [-0.2, 0) is 4.74 Å². The molecule has 33 heavy (non-hydrogen) atoms. The van der Waals surface area contributed by atoms with E-state index >= 15 is 0 Å². The van der Waals surface area contributed by atoms with E-state index in [-0.39, 0.29) is 5.69 Å². The Labute approximate surface area is 186 Å². The van der Waals surface area contributed by atoms with Gasteiger partial charge in [-0.15, -0.1) is 0 Å². The molecular formula is C23H16FN7O2. The fraction of sp³-hybridized carbons (Fsp3) is 0.0435. The molecule has 0 atom stereocenters. The van der Waals surface area contributed by atoms with Crippen molar-refractivity contribution in [3.8, 4) is 28.5 Å². The molecule has 0 aromatic carbocycles. The number of rotatable bonds is 4. The maximum absolute atomic E-state index is 13.3. The van der Waals surface area contributed by atoms with Gasteiger partial charge in [0.2, 0.25) is 0 Å². The number of nitrogens with zero attached hydrogens (tertiary/aromatic N) is 6. The molecule has 0 saturated carbocycles. The van der Waals surface area contributed by atoms with Gasteiger partial charge in [0.05, 0.1) is 42.1 Å². The van der Waals surface area contributed by atoms with Crippen molar-refractivity contribution in [3.05, 3.63) is 78.6 Å². The third-order valence-corrected chi connectivity index (χ3v) is 4.97. The Balaban J connectivity index is 1.75. The number of fused-ring (bicyclic) bond motifs is 1. The Hall–Kier alpha value is -4.73. The van der Waals surface area contributed by atoms with Gasteiger partial charge in [0.25, 0.3) is 0 Å². The number of carbonyl (C=O) groups excluding carboxylic acids is 1. The van der Waals surface area contributed by atoms with Crippen LogP contribution in [-0.4, -0.2) is 42.6 Å². The lowest BCUT2D eigenvalue weighted by Crippen LogP contribution is -2.06.